The normalized spacial score (nSPS) is 11.0. The number of nitrogens with two attached hydrogens (primary N) is 1. The molecule has 0 atom stereocenters. The third-order valence-corrected chi connectivity index (χ3v) is 6.36. The second-order valence-corrected chi connectivity index (χ2v) is 8.35. The lowest BCUT2D eigenvalue weighted by Gasteiger charge is -2.17. The highest BCUT2D eigenvalue weighted by atomic mass is 32.2. The molecule has 0 radical (unpaired) electrons. The van der Waals surface area contributed by atoms with Crippen LogP contribution in [0.4, 0.5) is 9.52 Å². The molecule has 0 fully saturated rings. The molecule has 0 unspecified atom stereocenters. The van der Waals surface area contributed by atoms with Gasteiger partial charge in [0.05, 0.1) is 16.0 Å². The molecular weight excluding hydrogens is 439 g/mol. The first-order valence-corrected chi connectivity index (χ1v) is 11.2. The van der Waals surface area contributed by atoms with Crippen LogP contribution in [0.15, 0.2) is 53.7 Å². The molecule has 11 heteroatoms. The van der Waals surface area contributed by atoms with Crippen LogP contribution in [0, 0.1) is 5.82 Å². The minimum absolute atomic E-state index is 0.0659. The molecule has 8 nitrogen and oxygen atoms in total. The molecule has 4 aromatic rings. The molecule has 1 amide bonds. The molecule has 0 bridgehead atoms. The summed E-state index contributed by atoms with van der Waals surface area (Å²) in [5.41, 5.74) is 0.869. The molecule has 0 aliphatic carbocycles. The number of rotatable bonds is 8. The standard InChI is InChI=1S/C20H19FN6O2S2/c1-2-26(19-23-15-5-3-4-6-16(15)31-19)18(28)12-30-20-25-24-17(27(20)22)11-29-14-9-7-13(21)8-10-14/h3-10H,2,11-12,22H2,1H3. The smallest absolute Gasteiger partial charge is 0.239 e. The van der Waals surface area contributed by atoms with E-state index in [9.17, 15) is 9.18 Å². The molecule has 0 spiro atoms. The number of carbonyl (C=O) groups is 1. The highest BCUT2D eigenvalue weighted by Crippen LogP contribution is 2.29. The van der Waals surface area contributed by atoms with Gasteiger partial charge in [-0.1, -0.05) is 35.2 Å². The zero-order chi connectivity index (χ0) is 21.8. The van der Waals surface area contributed by atoms with E-state index in [1.54, 1.807) is 4.90 Å². The number of ether oxygens (including phenoxy) is 1. The maximum absolute atomic E-state index is 13.0. The Morgan fingerprint density at radius 1 is 1.23 bits per heavy atom. The Bertz CT molecular complexity index is 1160. The van der Waals surface area contributed by atoms with Crippen LogP contribution in [-0.4, -0.2) is 38.1 Å². The van der Waals surface area contributed by atoms with Crippen LogP contribution in [0.5, 0.6) is 5.75 Å². The van der Waals surface area contributed by atoms with Gasteiger partial charge in [-0.05, 0) is 43.3 Å². The number of thiazole rings is 1. The second kappa shape index (κ2) is 9.31. The van der Waals surface area contributed by atoms with E-state index < -0.39 is 0 Å². The maximum atomic E-state index is 13.0. The van der Waals surface area contributed by atoms with Gasteiger partial charge in [0.15, 0.2) is 11.0 Å². The highest BCUT2D eigenvalue weighted by Gasteiger charge is 2.20. The van der Waals surface area contributed by atoms with Gasteiger partial charge in [-0.25, -0.2) is 14.1 Å². The summed E-state index contributed by atoms with van der Waals surface area (Å²) in [7, 11) is 0. The summed E-state index contributed by atoms with van der Waals surface area (Å²) in [5.74, 6) is 6.62. The Morgan fingerprint density at radius 3 is 2.74 bits per heavy atom. The van der Waals surface area contributed by atoms with E-state index in [4.69, 9.17) is 10.6 Å². The molecule has 2 N–H and O–H groups in total. The fourth-order valence-electron chi connectivity index (χ4n) is 2.78. The Hall–Kier alpha value is -3.18. The van der Waals surface area contributed by atoms with Crippen LogP contribution in [0.1, 0.15) is 12.7 Å². The summed E-state index contributed by atoms with van der Waals surface area (Å²) >= 11 is 2.67. The topological polar surface area (TPSA) is 99.2 Å². The summed E-state index contributed by atoms with van der Waals surface area (Å²) in [4.78, 5) is 19.0. The average Bonchev–Trinajstić information content (AvgIpc) is 3.35. The molecule has 0 saturated heterocycles. The Balaban J connectivity index is 1.37. The van der Waals surface area contributed by atoms with Gasteiger partial charge >= 0.3 is 0 Å². The van der Waals surface area contributed by atoms with Crippen LogP contribution in [-0.2, 0) is 11.4 Å². The molecule has 2 aromatic heterocycles. The van der Waals surface area contributed by atoms with Gasteiger partial charge in [0.1, 0.15) is 18.2 Å². The largest absolute Gasteiger partial charge is 0.486 e. The molecule has 31 heavy (non-hydrogen) atoms. The van der Waals surface area contributed by atoms with Crippen molar-refractivity contribution in [2.45, 2.75) is 18.7 Å². The van der Waals surface area contributed by atoms with Gasteiger partial charge in [0, 0.05) is 6.54 Å². The van der Waals surface area contributed by atoms with Crippen molar-refractivity contribution in [3.8, 4) is 5.75 Å². The number of hydrogen-bond donors (Lipinski definition) is 1. The first-order chi connectivity index (χ1) is 15.0. The van der Waals surface area contributed by atoms with E-state index in [0.717, 1.165) is 10.2 Å². The number of aromatic nitrogens is 4. The van der Waals surface area contributed by atoms with Crippen molar-refractivity contribution in [3.63, 3.8) is 0 Å². The van der Waals surface area contributed by atoms with E-state index in [-0.39, 0.29) is 24.1 Å². The highest BCUT2D eigenvalue weighted by molar-refractivity contribution is 7.99. The van der Waals surface area contributed by atoms with E-state index in [2.05, 4.69) is 15.2 Å². The van der Waals surface area contributed by atoms with Gasteiger partial charge in [-0.15, -0.1) is 10.2 Å². The number of para-hydroxylation sites is 1. The summed E-state index contributed by atoms with van der Waals surface area (Å²) in [5, 5.41) is 9.10. The van der Waals surface area contributed by atoms with Gasteiger partial charge in [0.25, 0.3) is 0 Å². The lowest BCUT2D eigenvalue weighted by atomic mass is 10.3. The number of carbonyl (C=O) groups excluding carboxylic acids is 1. The summed E-state index contributed by atoms with van der Waals surface area (Å²) in [6.07, 6.45) is 0. The van der Waals surface area contributed by atoms with Crippen LogP contribution >= 0.6 is 23.1 Å². The maximum Gasteiger partial charge on any atom is 0.239 e. The number of nitrogens with zero attached hydrogens (tertiary/aromatic N) is 5. The molecular formula is C20H19FN6O2S2. The van der Waals surface area contributed by atoms with E-state index in [0.29, 0.717) is 28.4 Å². The Kier molecular flexibility index (Phi) is 6.33. The predicted molar refractivity (Wildman–Crippen MR) is 119 cm³/mol. The Labute approximate surface area is 185 Å². The van der Waals surface area contributed by atoms with Gasteiger partial charge in [-0.3, -0.25) is 9.69 Å². The second-order valence-electron chi connectivity index (χ2n) is 6.40. The van der Waals surface area contributed by atoms with Crippen molar-refractivity contribution >= 4 is 44.4 Å². The third kappa shape index (κ3) is 4.78. The fourth-order valence-corrected chi connectivity index (χ4v) is 4.58. The van der Waals surface area contributed by atoms with Gasteiger partial charge in [-0.2, -0.15) is 0 Å². The number of amides is 1. The lowest BCUT2D eigenvalue weighted by Crippen LogP contribution is -2.32. The van der Waals surface area contributed by atoms with Crippen LogP contribution < -0.4 is 15.5 Å². The SMILES string of the molecule is CCN(C(=O)CSc1nnc(COc2ccc(F)cc2)n1N)c1nc2ccccc2s1. The molecule has 4 rings (SSSR count). The van der Waals surface area contributed by atoms with Gasteiger partial charge in [0.2, 0.25) is 11.1 Å². The number of benzene rings is 2. The quantitative estimate of drug-likeness (QED) is 0.319. The number of nitrogen functional groups attached to an aromatic ring is 1. The van der Waals surface area contributed by atoms with Crippen LogP contribution in [0.2, 0.25) is 0 Å². The van der Waals surface area contributed by atoms with Crippen molar-refractivity contribution in [1.82, 2.24) is 19.9 Å². The monoisotopic (exact) mass is 458 g/mol. The molecule has 0 aliphatic rings. The van der Waals surface area contributed by atoms with Crippen molar-refractivity contribution in [3.05, 3.63) is 60.2 Å². The van der Waals surface area contributed by atoms with Crippen molar-refractivity contribution in [1.29, 1.82) is 0 Å². The number of anilines is 1. The van der Waals surface area contributed by atoms with Crippen LogP contribution in [0.25, 0.3) is 10.2 Å². The minimum Gasteiger partial charge on any atom is -0.486 e. The summed E-state index contributed by atoms with van der Waals surface area (Å²) < 4.78 is 20.8. The molecule has 0 aliphatic heterocycles. The molecule has 0 saturated carbocycles. The molecule has 2 heterocycles. The Morgan fingerprint density at radius 2 is 2.00 bits per heavy atom. The van der Waals surface area contributed by atoms with Crippen molar-refractivity contribution in [2.24, 2.45) is 0 Å². The van der Waals surface area contributed by atoms with Crippen molar-refractivity contribution < 1.29 is 13.9 Å². The van der Waals surface area contributed by atoms with E-state index >= 15 is 0 Å². The fraction of sp³-hybridized carbons (Fsp3) is 0.200. The van der Waals surface area contributed by atoms with E-state index in [1.807, 2.05) is 31.2 Å². The average molecular weight is 459 g/mol. The summed E-state index contributed by atoms with van der Waals surface area (Å²) in [6, 6.07) is 13.4. The number of hydrogen-bond acceptors (Lipinski definition) is 8. The summed E-state index contributed by atoms with van der Waals surface area (Å²) in [6.45, 7) is 2.48. The zero-order valence-corrected chi connectivity index (χ0v) is 18.2. The molecule has 160 valence electrons. The first kappa shape index (κ1) is 21.1. The van der Waals surface area contributed by atoms with Gasteiger partial charge < -0.3 is 10.6 Å². The zero-order valence-electron chi connectivity index (χ0n) is 16.6. The minimum atomic E-state index is -0.343. The number of thioether (sulfide) groups is 1. The third-order valence-electron chi connectivity index (χ3n) is 4.37. The van der Waals surface area contributed by atoms with Crippen LogP contribution in [0.3, 0.4) is 0 Å². The number of halogens is 1. The van der Waals surface area contributed by atoms with Crippen molar-refractivity contribution in [2.75, 3.05) is 23.0 Å². The predicted octanol–water partition coefficient (Wildman–Crippen LogP) is 3.46. The first-order valence-electron chi connectivity index (χ1n) is 9.41. The number of fused-ring (bicyclic) bond motifs is 1. The molecule has 2 aromatic carbocycles. The lowest BCUT2D eigenvalue weighted by molar-refractivity contribution is -0.116. The van der Waals surface area contributed by atoms with E-state index in [1.165, 1.54) is 52.0 Å².